The summed E-state index contributed by atoms with van der Waals surface area (Å²) in [4.78, 5) is 13.1. The third-order valence-corrected chi connectivity index (χ3v) is 1.81. The molecule has 0 aliphatic carbocycles. The highest BCUT2D eigenvalue weighted by Gasteiger charge is 2.17. The van der Waals surface area contributed by atoms with Crippen molar-refractivity contribution >= 4 is 11.7 Å². The van der Waals surface area contributed by atoms with Gasteiger partial charge >= 0.3 is 0 Å². The third-order valence-electron chi connectivity index (χ3n) is 1.81. The molecule has 15 heavy (non-hydrogen) atoms. The summed E-state index contributed by atoms with van der Waals surface area (Å²) in [5.74, 6) is -0.355. The van der Waals surface area contributed by atoms with E-state index in [9.17, 15) is 4.79 Å². The fraction of sp³-hybridized carbons (Fsp3) is 0.375. The van der Waals surface area contributed by atoms with E-state index >= 15 is 0 Å². The minimum Gasteiger partial charge on any atom is -0.409 e. The number of nitrogens with zero attached hydrogens (tertiary/aromatic N) is 3. The van der Waals surface area contributed by atoms with Crippen LogP contribution in [0, 0.1) is 0 Å². The van der Waals surface area contributed by atoms with E-state index in [1.165, 1.54) is 17.2 Å². The predicted octanol–water partition coefficient (Wildman–Crippen LogP) is -0.117. The number of amidine groups is 1. The van der Waals surface area contributed by atoms with Gasteiger partial charge in [0.15, 0.2) is 11.5 Å². The van der Waals surface area contributed by atoms with Crippen molar-refractivity contribution in [3.63, 3.8) is 0 Å². The van der Waals surface area contributed by atoms with Crippen LogP contribution in [0.5, 0.6) is 0 Å². The van der Waals surface area contributed by atoms with Gasteiger partial charge in [0.2, 0.25) is 0 Å². The molecule has 0 fully saturated rings. The molecule has 1 aromatic heterocycles. The molecule has 0 aromatic carbocycles. The summed E-state index contributed by atoms with van der Waals surface area (Å²) in [6, 6.07) is 1.46. The molecule has 0 bridgehead atoms. The fourth-order valence-corrected chi connectivity index (χ4v) is 1.04. The van der Waals surface area contributed by atoms with E-state index in [4.69, 9.17) is 10.9 Å². The van der Waals surface area contributed by atoms with Gasteiger partial charge < -0.3 is 20.4 Å². The Bertz CT molecular complexity index is 347. The molecule has 0 aliphatic heterocycles. The Labute approximate surface area is 86.1 Å². The number of oxime groups is 1. The molecule has 0 spiro atoms. The lowest BCUT2D eigenvalue weighted by Gasteiger charge is -2.18. The summed E-state index contributed by atoms with van der Waals surface area (Å²) in [6.45, 7) is 2.27. The van der Waals surface area contributed by atoms with Gasteiger partial charge in [0.25, 0.3) is 5.91 Å². The smallest absolute Gasteiger partial charge is 0.276 e. The first kappa shape index (κ1) is 11.0. The molecular weight excluding hydrogens is 200 g/mol. The molecule has 0 atom stereocenters. The normalized spacial score (nSPS) is 11.4. The maximum atomic E-state index is 11.7. The van der Waals surface area contributed by atoms with Crippen LogP contribution in [-0.4, -0.2) is 40.1 Å². The van der Waals surface area contributed by atoms with E-state index < -0.39 is 0 Å². The van der Waals surface area contributed by atoms with Gasteiger partial charge in [-0.1, -0.05) is 10.3 Å². The number of carbonyl (C=O) groups excluding carboxylic acids is 1. The van der Waals surface area contributed by atoms with Crippen LogP contribution in [0.4, 0.5) is 0 Å². The lowest BCUT2D eigenvalue weighted by molar-refractivity contribution is 0.0776. The molecule has 82 valence electrons. The summed E-state index contributed by atoms with van der Waals surface area (Å²) in [7, 11) is 0. The molecule has 0 saturated carbocycles. The number of rotatable bonds is 4. The van der Waals surface area contributed by atoms with Crippen molar-refractivity contribution in [2.45, 2.75) is 6.92 Å². The summed E-state index contributed by atoms with van der Waals surface area (Å²) < 4.78 is 4.55. The van der Waals surface area contributed by atoms with E-state index in [1.54, 1.807) is 6.92 Å². The van der Waals surface area contributed by atoms with Gasteiger partial charge in [0.1, 0.15) is 6.26 Å². The first-order chi connectivity index (χ1) is 7.19. The second kappa shape index (κ2) is 4.99. The van der Waals surface area contributed by atoms with Gasteiger partial charge in [-0.2, -0.15) is 0 Å². The topological polar surface area (TPSA) is 105 Å². The number of amides is 1. The zero-order valence-corrected chi connectivity index (χ0v) is 8.25. The largest absolute Gasteiger partial charge is 0.409 e. The minimum absolute atomic E-state index is 0.0336. The molecule has 0 radical (unpaired) electrons. The van der Waals surface area contributed by atoms with Gasteiger partial charge in [-0.3, -0.25) is 4.79 Å². The molecule has 3 N–H and O–H groups in total. The molecule has 1 rings (SSSR count). The first-order valence-electron chi connectivity index (χ1n) is 4.35. The SMILES string of the molecule is CCN(CC(N)=NO)C(=O)c1ccon1. The van der Waals surface area contributed by atoms with Crippen molar-refractivity contribution in [3.05, 3.63) is 18.0 Å². The minimum atomic E-state index is -0.321. The molecule has 7 heteroatoms. The summed E-state index contributed by atoms with van der Waals surface area (Å²) in [5, 5.41) is 14.7. The second-order valence-corrected chi connectivity index (χ2v) is 2.80. The van der Waals surface area contributed by atoms with Crippen LogP contribution in [0.2, 0.25) is 0 Å². The van der Waals surface area contributed by atoms with Crippen molar-refractivity contribution in [1.82, 2.24) is 10.1 Å². The molecule has 7 nitrogen and oxygen atoms in total. The van der Waals surface area contributed by atoms with Crippen LogP contribution in [-0.2, 0) is 0 Å². The second-order valence-electron chi connectivity index (χ2n) is 2.80. The van der Waals surface area contributed by atoms with Crippen LogP contribution in [0.1, 0.15) is 17.4 Å². The van der Waals surface area contributed by atoms with Gasteiger partial charge in [-0.25, -0.2) is 0 Å². The number of nitrogens with two attached hydrogens (primary N) is 1. The van der Waals surface area contributed by atoms with Crippen LogP contribution in [0.15, 0.2) is 22.0 Å². The van der Waals surface area contributed by atoms with Crippen LogP contribution in [0.3, 0.4) is 0 Å². The van der Waals surface area contributed by atoms with Gasteiger partial charge in [-0.15, -0.1) is 0 Å². The maximum absolute atomic E-state index is 11.7. The quantitative estimate of drug-likeness (QED) is 0.313. The first-order valence-corrected chi connectivity index (χ1v) is 4.35. The van der Waals surface area contributed by atoms with Crippen molar-refractivity contribution < 1.29 is 14.5 Å². The average molecular weight is 212 g/mol. The van der Waals surface area contributed by atoms with E-state index in [1.807, 2.05) is 0 Å². The Morgan fingerprint density at radius 3 is 3.00 bits per heavy atom. The lowest BCUT2D eigenvalue weighted by Crippen LogP contribution is -2.38. The number of carbonyl (C=O) groups is 1. The standard InChI is InChI=1S/C8H12N4O3/c1-2-12(5-7(9)10-14)8(13)6-3-4-15-11-6/h3-4,14H,2,5H2,1H3,(H2,9,10). The van der Waals surface area contributed by atoms with Crippen LogP contribution < -0.4 is 5.73 Å². The zero-order chi connectivity index (χ0) is 11.3. The van der Waals surface area contributed by atoms with Gasteiger partial charge in [-0.05, 0) is 6.92 Å². The van der Waals surface area contributed by atoms with E-state index in [-0.39, 0.29) is 24.0 Å². The maximum Gasteiger partial charge on any atom is 0.276 e. The number of hydrogen-bond donors (Lipinski definition) is 2. The number of likely N-dealkylation sites (N-methyl/N-ethyl adjacent to an activating group) is 1. The van der Waals surface area contributed by atoms with E-state index in [2.05, 4.69) is 14.8 Å². The van der Waals surface area contributed by atoms with E-state index in [0.717, 1.165) is 0 Å². The molecule has 0 unspecified atom stereocenters. The molecule has 0 aliphatic rings. The van der Waals surface area contributed by atoms with Crippen molar-refractivity contribution in [3.8, 4) is 0 Å². The highest BCUT2D eigenvalue weighted by Crippen LogP contribution is 2.01. The van der Waals surface area contributed by atoms with Crippen molar-refractivity contribution in [2.75, 3.05) is 13.1 Å². The highest BCUT2D eigenvalue weighted by molar-refractivity contribution is 5.95. The highest BCUT2D eigenvalue weighted by atomic mass is 16.5. The number of hydrogen-bond acceptors (Lipinski definition) is 5. The van der Waals surface area contributed by atoms with Crippen LogP contribution >= 0.6 is 0 Å². The lowest BCUT2D eigenvalue weighted by atomic mass is 10.3. The monoisotopic (exact) mass is 212 g/mol. The van der Waals surface area contributed by atoms with Gasteiger partial charge in [0.05, 0.1) is 6.54 Å². The number of aromatic nitrogens is 1. The fourth-order valence-electron chi connectivity index (χ4n) is 1.04. The Morgan fingerprint density at radius 2 is 2.53 bits per heavy atom. The molecule has 1 heterocycles. The zero-order valence-electron chi connectivity index (χ0n) is 8.25. The Balaban J connectivity index is 2.71. The van der Waals surface area contributed by atoms with Gasteiger partial charge in [0, 0.05) is 12.6 Å². The van der Waals surface area contributed by atoms with Crippen molar-refractivity contribution in [1.29, 1.82) is 0 Å². The van der Waals surface area contributed by atoms with E-state index in [0.29, 0.717) is 6.54 Å². The summed E-state index contributed by atoms with van der Waals surface area (Å²) in [6.07, 6.45) is 1.31. The average Bonchev–Trinajstić information content (AvgIpc) is 2.77. The summed E-state index contributed by atoms with van der Waals surface area (Å²) in [5.41, 5.74) is 5.50. The molecule has 0 saturated heterocycles. The third kappa shape index (κ3) is 2.70. The Morgan fingerprint density at radius 1 is 1.80 bits per heavy atom. The molecule has 1 amide bonds. The molecule has 1 aromatic rings. The summed E-state index contributed by atoms with van der Waals surface area (Å²) >= 11 is 0. The van der Waals surface area contributed by atoms with Crippen LogP contribution in [0.25, 0.3) is 0 Å². The Kier molecular flexibility index (Phi) is 3.67. The molecular formula is C8H12N4O3. The van der Waals surface area contributed by atoms with Crippen molar-refractivity contribution in [2.24, 2.45) is 10.9 Å². The predicted molar refractivity (Wildman–Crippen MR) is 51.5 cm³/mol. The Hall–Kier alpha value is -2.05.